The summed E-state index contributed by atoms with van der Waals surface area (Å²) < 4.78 is 13.6. The Kier molecular flexibility index (Phi) is 4.64. The topological polar surface area (TPSA) is 62.3 Å². The maximum atomic E-state index is 13.6. The summed E-state index contributed by atoms with van der Waals surface area (Å²) in [6, 6.07) is 9.51. The van der Waals surface area contributed by atoms with Gasteiger partial charge < -0.3 is 10.2 Å². The van der Waals surface area contributed by atoms with Crippen molar-refractivity contribution in [1.29, 1.82) is 0 Å². The van der Waals surface area contributed by atoms with E-state index in [2.05, 4.69) is 10.3 Å². The van der Waals surface area contributed by atoms with Gasteiger partial charge in [-0.3, -0.25) is 14.6 Å². The second kappa shape index (κ2) is 7.10. The maximum absolute atomic E-state index is 13.6. The lowest BCUT2D eigenvalue weighted by molar-refractivity contribution is -0.127. The Balaban J connectivity index is 1.47. The van der Waals surface area contributed by atoms with E-state index in [0.29, 0.717) is 24.2 Å². The van der Waals surface area contributed by atoms with Crippen molar-refractivity contribution in [2.75, 3.05) is 11.4 Å². The molecule has 1 aliphatic carbocycles. The molecular formula is C21H22FN3O2. The summed E-state index contributed by atoms with van der Waals surface area (Å²) in [5.41, 5.74) is 0.726. The highest BCUT2D eigenvalue weighted by molar-refractivity contribution is 6.00. The molecule has 1 N–H and O–H groups in total. The second-order valence-corrected chi connectivity index (χ2v) is 7.47. The van der Waals surface area contributed by atoms with Crippen LogP contribution in [-0.2, 0) is 4.79 Å². The molecule has 2 fully saturated rings. The summed E-state index contributed by atoms with van der Waals surface area (Å²) >= 11 is 0. The largest absolute Gasteiger partial charge is 0.349 e. The first-order chi connectivity index (χ1) is 13.1. The molecule has 2 heterocycles. The molecule has 27 heavy (non-hydrogen) atoms. The number of hydrogen-bond donors (Lipinski definition) is 1. The number of halogens is 1. The minimum atomic E-state index is -0.458. The van der Waals surface area contributed by atoms with Gasteiger partial charge in [0.1, 0.15) is 5.82 Å². The Morgan fingerprint density at radius 2 is 2.04 bits per heavy atom. The van der Waals surface area contributed by atoms with Crippen molar-refractivity contribution in [2.24, 2.45) is 5.41 Å². The molecule has 1 saturated heterocycles. The average molecular weight is 367 g/mol. The fraction of sp³-hybridized carbons (Fsp3) is 0.381. The van der Waals surface area contributed by atoms with Crippen LogP contribution in [0, 0.1) is 11.2 Å². The average Bonchev–Trinajstić information content (AvgIpc) is 2.98. The van der Waals surface area contributed by atoms with Crippen molar-refractivity contribution < 1.29 is 14.0 Å². The Bertz CT molecular complexity index is 858. The highest BCUT2D eigenvalue weighted by Crippen LogP contribution is 2.46. The summed E-state index contributed by atoms with van der Waals surface area (Å²) in [7, 11) is 0. The zero-order valence-corrected chi connectivity index (χ0v) is 15.0. The predicted molar refractivity (Wildman–Crippen MR) is 99.8 cm³/mol. The van der Waals surface area contributed by atoms with Gasteiger partial charge >= 0.3 is 0 Å². The van der Waals surface area contributed by atoms with Gasteiger partial charge in [-0.25, -0.2) is 4.39 Å². The first-order valence-corrected chi connectivity index (χ1v) is 9.36. The number of hydrogen-bond acceptors (Lipinski definition) is 3. The zero-order chi connectivity index (χ0) is 18.9. The van der Waals surface area contributed by atoms with E-state index in [1.165, 1.54) is 12.1 Å². The Morgan fingerprint density at radius 1 is 1.22 bits per heavy atom. The van der Waals surface area contributed by atoms with Crippen LogP contribution in [0.4, 0.5) is 10.1 Å². The fourth-order valence-corrected chi connectivity index (χ4v) is 4.39. The molecule has 2 amide bonds. The van der Waals surface area contributed by atoms with Crippen molar-refractivity contribution in [2.45, 2.75) is 38.1 Å². The number of nitrogens with one attached hydrogen (secondary N) is 1. The molecule has 2 atom stereocenters. The van der Waals surface area contributed by atoms with Gasteiger partial charge in [0.2, 0.25) is 5.91 Å². The van der Waals surface area contributed by atoms with Crippen LogP contribution in [0.2, 0.25) is 0 Å². The minimum Gasteiger partial charge on any atom is -0.349 e. The van der Waals surface area contributed by atoms with Crippen LogP contribution in [0.3, 0.4) is 0 Å². The number of carbonyl (C=O) groups is 2. The highest BCUT2D eigenvalue weighted by atomic mass is 19.1. The van der Waals surface area contributed by atoms with Gasteiger partial charge in [0.25, 0.3) is 5.91 Å². The molecule has 140 valence electrons. The molecule has 6 heteroatoms. The standard InChI is InChI=1S/C21H22FN3O2/c22-16-3-1-5-18(13-16)25-12-9-21(20(25)27)8-2-4-17(14-21)24-19(26)15-6-10-23-11-7-15/h1,3,5-7,10-11,13,17H,2,4,8-9,12,14H2,(H,24,26)/t17-,21+/m1/s1. The molecular weight excluding hydrogens is 345 g/mol. The lowest BCUT2D eigenvalue weighted by Crippen LogP contribution is -2.46. The van der Waals surface area contributed by atoms with Crippen molar-refractivity contribution in [3.05, 3.63) is 60.2 Å². The van der Waals surface area contributed by atoms with E-state index < -0.39 is 5.41 Å². The van der Waals surface area contributed by atoms with Crippen LogP contribution in [-0.4, -0.2) is 29.4 Å². The van der Waals surface area contributed by atoms with Crippen molar-refractivity contribution >= 4 is 17.5 Å². The Labute approximate surface area is 157 Å². The molecule has 5 nitrogen and oxygen atoms in total. The number of aromatic nitrogens is 1. The highest BCUT2D eigenvalue weighted by Gasteiger charge is 2.49. The number of rotatable bonds is 3. The number of anilines is 1. The third-order valence-electron chi connectivity index (χ3n) is 5.76. The number of amides is 2. The third-order valence-corrected chi connectivity index (χ3v) is 5.76. The molecule has 1 aromatic carbocycles. The zero-order valence-electron chi connectivity index (χ0n) is 15.0. The number of nitrogens with zero attached hydrogens (tertiary/aromatic N) is 2. The number of pyridine rings is 1. The van der Waals surface area contributed by atoms with Gasteiger partial charge in [0, 0.05) is 36.2 Å². The third kappa shape index (κ3) is 3.44. The van der Waals surface area contributed by atoms with Crippen molar-refractivity contribution in [3.8, 4) is 0 Å². The molecule has 1 spiro atoms. The summed E-state index contributed by atoms with van der Waals surface area (Å²) in [5, 5.41) is 3.07. The SMILES string of the molecule is O=C(N[C@@H]1CCC[C@]2(CCN(c3cccc(F)c3)C2=O)C1)c1ccncc1. The van der Waals surface area contributed by atoms with E-state index in [0.717, 1.165) is 25.7 Å². The normalized spacial score (nSPS) is 25.0. The smallest absolute Gasteiger partial charge is 0.251 e. The van der Waals surface area contributed by atoms with E-state index in [1.807, 2.05) is 0 Å². The van der Waals surface area contributed by atoms with Crippen molar-refractivity contribution in [1.82, 2.24) is 10.3 Å². The first-order valence-electron chi connectivity index (χ1n) is 9.36. The second-order valence-electron chi connectivity index (χ2n) is 7.47. The van der Waals surface area contributed by atoms with Crippen molar-refractivity contribution in [3.63, 3.8) is 0 Å². The molecule has 0 unspecified atom stereocenters. The molecule has 0 radical (unpaired) electrons. The monoisotopic (exact) mass is 367 g/mol. The van der Waals surface area contributed by atoms with Gasteiger partial charge in [-0.1, -0.05) is 12.5 Å². The lowest BCUT2D eigenvalue weighted by atomic mass is 9.71. The van der Waals surface area contributed by atoms with Gasteiger partial charge in [-0.05, 0) is 56.0 Å². The molecule has 4 rings (SSSR count). The first kappa shape index (κ1) is 17.6. The number of benzene rings is 1. The van der Waals surface area contributed by atoms with Crippen LogP contribution in [0.25, 0.3) is 0 Å². The number of carbonyl (C=O) groups excluding carboxylic acids is 2. The molecule has 2 aromatic rings. The minimum absolute atomic E-state index is 0.0316. The molecule has 1 aliphatic heterocycles. The quantitative estimate of drug-likeness (QED) is 0.905. The van der Waals surface area contributed by atoms with Crippen LogP contribution in [0.15, 0.2) is 48.8 Å². The van der Waals surface area contributed by atoms with Crippen LogP contribution < -0.4 is 10.2 Å². The lowest BCUT2D eigenvalue weighted by Gasteiger charge is -2.36. The van der Waals surface area contributed by atoms with Crippen LogP contribution >= 0.6 is 0 Å². The Hall–Kier alpha value is -2.76. The van der Waals surface area contributed by atoms with Gasteiger partial charge in [0.15, 0.2) is 0 Å². The maximum Gasteiger partial charge on any atom is 0.251 e. The van der Waals surface area contributed by atoms with E-state index in [4.69, 9.17) is 0 Å². The Morgan fingerprint density at radius 3 is 2.81 bits per heavy atom. The molecule has 1 saturated carbocycles. The summed E-state index contributed by atoms with van der Waals surface area (Å²) in [6.07, 6.45) is 7.14. The van der Waals surface area contributed by atoms with E-state index in [-0.39, 0.29) is 23.7 Å². The summed E-state index contributed by atoms with van der Waals surface area (Å²) in [4.78, 5) is 31.2. The molecule has 2 aliphatic rings. The predicted octanol–water partition coefficient (Wildman–Crippen LogP) is 3.32. The summed E-state index contributed by atoms with van der Waals surface area (Å²) in [5.74, 6) is -0.421. The van der Waals surface area contributed by atoms with Gasteiger partial charge in [0.05, 0.1) is 5.41 Å². The molecule has 0 bridgehead atoms. The van der Waals surface area contributed by atoms with E-state index >= 15 is 0 Å². The van der Waals surface area contributed by atoms with E-state index in [9.17, 15) is 14.0 Å². The van der Waals surface area contributed by atoms with Crippen LogP contribution in [0.5, 0.6) is 0 Å². The van der Waals surface area contributed by atoms with Gasteiger partial charge in [-0.15, -0.1) is 0 Å². The van der Waals surface area contributed by atoms with Gasteiger partial charge in [-0.2, -0.15) is 0 Å². The van der Waals surface area contributed by atoms with Crippen LogP contribution in [0.1, 0.15) is 42.5 Å². The summed E-state index contributed by atoms with van der Waals surface area (Å²) in [6.45, 7) is 0.591. The molecule has 1 aromatic heterocycles. The van der Waals surface area contributed by atoms with E-state index in [1.54, 1.807) is 41.6 Å². The fourth-order valence-electron chi connectivity index (χ4n) is 4.39.